The zero-order valence-corrected chi connectivity index (χ0v) is 9.11. The molecule has 0 aliphatic carbocycles. The molecule has 0 N–H and O–H groups in total. The van der Waals surface area contributed by atoms with Crippen LogP contribution in [0.1, 0.15) is 0 Å². The van der Waals surface area contributed by atoms with Crippen molar-refractivity contribution in [2.45, 2.75) is 0 Å². The number of hydrogen-bond donors (Lipinski definition) is 0. The van der Waals surface area contributed by atoms with Crippen molar-refractivity contribution >= 4 is 11.3 Å². The van der Waals surface area contributed by atoms with Gasteiger partial charge in [0.15, 0.2) is 0 Å². The van der Waals surface area contributed by atoms with Crippen LogP contribution in [-0.4, -0.2) is 34.8 Å². The van der Waals surface area contributed by atoms with Crippen LogP contribution in [0, 0.1) is 0 Å². The lowest BCUT2D eigenvalue weighted by Gasteiger charge is -2.24. The lowest BCUT2D eigenvalue weighted by atomic mass is 10.3. The van der Waals surface area contributed by atoms with Crippen LogP contribution in [0.15, 0.2) is 30.3 Å². The van der Waals surface area contributed by atoms with E-state index in [1.165, 1.54) is 0 Å². The average Bonchev–Trinajstić information content (AvgIpc) is 2.31. The van der Waals surface area contributed by atoms with Gasteiger partial charge < -0.3 is 8.92 Å². The molecule has 4 nitrogen and oxygen atoms in total. The van der Waals surface area contributed by atoms with Crippen LogP contribution in [-0.2, 0) is 16.0 Å². The molecule has 1 aromatic rings. The zero-order valence-electron chi connectivity index (χ0n) is 8.30. The minimum atomic E-state index is -1.40. The molecule has 0 amide bonds. The van der Waals surface area contributed by atoms with Crippen molar-refractivity contribution in [2.75, 3.05) is 26.3 Å². The lowest BCUT2D eigenvalue weighted by Crippen LogP contribution is -2.39. The molecular formula is C10H13NO3S. The van der Waals surface area contributed by atoms with Gasteiger partial charge in [0.2, 0.25) is 0 Å². The summed E-state index contributed by atoms with van der Waals surface area (Å²) in [6, 6.07) is 9.18. The second kappa shape index (κ2) is 5.25. The summed E-state index contributed by atoms with van der Waals surface area (Å²) >= 11 is -1.40. The van der Waals surface area contributed by atoms with E-state index in [-0.39, 0.29) is 0 Å². The van der Waals surface area contributed by atoms with E-state index in [9.17, 15) is 4.21 Å². The van der Waals surface area contributed by atoms with Crippen molar-refractivity contribution in [3.63, 3.8) is 0 Å². The maximum absolute atomic E-state index is 11.7. The summed E-state index contributed by atoms with van der Waals surface area (Å²) in [6.45, 7) is 2.53. The molecule has 1 aromatic carbocycles. The van der Waals surface area contributed by atoms with E-state index in [1.54, 1.807) is 16.4 Å². The Morgan fingerprint density at radius 3 is 2.53 bits per heavy atom. The molecule has 0 bridgehead atoms. The fourth-order valence-electron chi connectivity index (χ4n) is 1.31. The summed E-state index contributed by atoms with van der Waals surface area (Å²) in [5.74, 6) is 0.627. The van der Waals surface area contributed by atoms with Crippen LogP contribution in [0.5, 0.6) is 5.75 Å². The maximum atomic E-state index is 11.7. The minimum Gasteiger partial charge on any atom is -0.389 e. The highest BCUT2D eigenvalue weighted by atomic mass is 32.2. The largest absolute Gasteiger partial charge is 0.389 e. The van der Waals surface area contributed by atoms with Crippen LogP contribution in [0.3, 0.4) is 0 Å². The van der Waals surface area contributed by atoms with Gasteiger partial charge in [0.05, 0.1) is 13.2 Å². The molecule has 15 heavy (non-hydrogen) atoms. The minimum absolute atomic E-state index is 0.615. The predicted octanol–water partition coefficient (Wildman–Crippen LogP) is 0.976. The van der Waals surface area contributed by atoms with Crippen molar-refractivity contribution < 1.29 is 13.1 Å². The van der Waals surface area contributed by atoms with Gasteiger partial charge in [-0.2, -0.15) is 8.51 Å². The molecule has 82 valence electrons. The van der Waals surface area contributed by atoms with E-state index >= 15 is 0 Å². The third-order valence-electron chi connectivity index (χ3n) is 2.09. The number of hydrogen-bond acceptors (Lipinski definition) is 3. The van der Waals surface area contributed by atoms with Crippen molar-refractivity contribution in [3.8, 4) is 5.75 Å². The van der Waals surface area contributed by atoms with Gasteiger partial charge in [0.1, 0.15) is 5.75 Å². The predicted molar refractivity (Wildman–Crippen MR) is 57.6 cm³/mol. The normalized spacial score (nSPS) is 19.7. The van der Waals surface area contributed by atoms with E-state index in [2.05, 4.69) is 0 Å². The van der Waals surface area contributed by atoms with Crippen LogP contribution in [0.2, 0.25) is 0 Å². The van der Waals surface area contributed by atoms with Crippen molar-refractivity contribution in [3.05, 3.63) is 30.3 Å². The standard InChI is InChI=1S/C10H13NO3S/c12-15(11-6-8-13-9-7-11)14-10-4-2-1-3-5-10/h1-5H,6-9H2. The van der Waals surface area contributed by atoms with Gasteiger partial charge >= 0.3 is 0 Å². The highest BCUT2D eigenvalue weighted by Crippen LogP contribution is 2.12. The van der Waals surface area contributed by atoms with Gasteiger partial charge in [-0.25, -0.2) is 0 Å². The number of morpholine rings is 1. The number of benzene rings is 1. The van der Waals surface area contributed by atoms with Gasteiger partial charge in [-0.1, -0.05) is 18.2 Å². The molecule has 0 spiro atoms. The molecule has 1 fully saturated rings. The van der Waals surface area contributed by atoms with Crippen molar-refractivity contribution in [2.24, 2.45) is 0 Å². The molecule has 0 aromatic heterocycles. The topological polar surface area (TPSA) is 38.8 Å². The van der Waals surface area contributed by atoms with Crippen LogP contribution < -0.4 is 4.18 Å². The summed E-state index contributed by atoms with van der Waals surface area (Å²) in [5, 5.41) is 0. The second-order valence-corrected chi connectivity index (χ2v) is 4.27. The monoisotopic (exact) mass is 227 g/mol. The van der Waals surface area contributed by atoms with E-state index < -0.39 is 11.3 Å². The Labute approximate surface area is 91.6 Å². The summed E-state index contributed by atoms with van der Waals surface area (Å²) in [4.78, 5) is 0. The second-order valence-electron chi connectivity index (χ2n) is 3.15. The fraction of sp³-hybridized carbons (Fsp3) is 0.400. The first-order valence-corrected chi connectivity index (χ1v) is 5.87. The van der Waals surface area contributed by atoms with Gasteiger partial charge in [0, 0.05) is 13.1 Å². The van der Waals surface area contributed by atoms with Crippen molar-refractivity contribution in [1.82, 2.24) is 4.31 Å². The molecular weight excluding hydrogens is 214 g/mol. The number of para-hydroxylation sites is 1. The SMILES string of the molecule is O=S(Oc1ccccc1)N1CCOCC1. The third kappa shape index (κ3) is 3.02. The van der Waals surface area contributed by atoms with Crippen LogP contribution >= 0.6 is 0 Å². The Morgan fingerprint density at radius 2 is 1.87 bits per heavy atom. The summed E-state index contributed by atoms with van der Waals surface area (Å²) < 4.78 is 24.0. The van der Waals surface area contributed by atoms with Crippen molar-refractivity contribution in [1.29, 1.82) is 0 Å². The zero-order chi connectivity index (χ0) is 10.5. The molecule has 1 aliphatic rings. The van der Waals surface area contributed by atoms with E-state index in [4.69, 9.17) is 8.92 Å². The quantitative estimate of drug-likeness (QED) is 0.772. The van der Waals surface area contributed by atoms with E-state index in [0.717, 1.165) is 0 Å². The van der Waals surface area contributed by atoms with Gasteiger partial charge in [-0.3, -0.25) is 0 Å². The molecule has 2 rings (SSSR count). The molecule has 0 radical (unpaired) electrons. The fourth-order valence-corrected chi connectivity index (χ4v) is 2.14. The molecule has 1 saturated heterocycles. The van der Waals surface area contributed by atoms with E-state index in [0.29, 0.717) is 32.1 Å². The van der Waals surface area contributed by atoms with Gasteiger partial charge in [0.25, 0.3) is 11.3 Å². The molecule has 5 heteroatoms. The summed E-state index contributed by atoms with van der Waals surface area (Å²) in [6.07, 6.45) is 0. The first-order chi connectivity index (χ1) is 7.36. The smallest absolute Gasteiger partial charge is 0.290 e. The first kappa shape index (κ1) is 10.6. The summed E-state index contributed by atoms with van der Waals surface area (Å²) in [5.41, 5.74) is 0. The van der Waals surface area contributed by atoms with Crippen LogP contribution in [0.4, 0.5) is 0 Å². The highest BCUT2D eigenvalue weighted by molar-refractivity contribution is 7.78. The van der Waals surface area contributed by atoms with Crippen LogP contribution in [0.25, 0.3) is 0 Å². The average molecular weight is 227 g/mol. The molecule has 1 atom stereocenters. The Morgan fingerprint density at radius 1 is 1.20 bits per heavy atom. The first-order valence-electron chi connectivity index (χ1n) is 4.84. The van der Waals surface area contributed by atoms with E-state index in [1.807, 2.05) is 18.2 Å². The molecule has 1 heterocycles. The number of ether oxygens (including phenoxy) is 1. The third-order valence-corrected chi connectivity index (χ3v) is 3.21. The Kier molecular flexibility index (Phi) is 3.71. The Bertz CT molecular complexity index is 325. The molecule has 1 unspecified atom stereocenters. The molecule has 0 saturated carbocycles. The highest BCUT2D eigenvalue weighted by Gasteiger charge is 2.18. The molecule has 1 aliphatic heterocycles. The van der Waals surface area contributed by atoms with Gasteiger partial charge in [-0.15, -0.1) is 0 Å². The lowest BCUT2D eigenvalue weighted by molar-refractivity contribution is 0.0728. The Balaban J connectivity index is 1.91. The van der Waals surface area contributed by atoms with Gasteiger partial charge in [-0.05, 0) is 12.1 Å². The number of nitrogens with zero attached hydrogens (tertiary/aromatic N) is 1. The summed E-state index contributed by atoms with van der Waals surface area (Å²) in [7, 11) is 0. The number of rotatable bonds is 3. The maximum Gasteiger partial charge on any atom is 0.290 e. The Hall–Kier alpha value is -0.910.